The van der Waals surface area contributed by atoms with Crippen LogP contribution < -0.4 is 5.32 Å². The molecule has 1 aliphatic carbocycles. The van der Waals surface area contributed by atoms with Crippen LogP contribution in [-0.4, -0.2) is 17.1 Å². The number of nitrogens with one attached hydrogen (secondary N) is 1. The molecule has 2 rings (SSSR count). The maximum absolute atomic E-state index is 10.5. The summed E-state index contributed by atoms with van der Waals surface area (Å²) in [6.45, 7) is 0. The first-order chi connectivity index (χ1) is 8.24. The van der Waals surface area contributed by atoms with E-state index in [1.54, 1.807) is 0 Å². The number of rotatable bonds is 5. The first-order valence-corrected chi connectivity index (χ1v) is 6.31. The number of aliphatic carboxylic acids is 1. The van der Waals surface area contributed by atoms with Gasteiger partial charge < -0.3 is 10.4 Å². The Balaban J connectivity index is 1.86. The molecular weight excluding hydrogens is 214 g/mol. The summed E-state index contributed by atoms with van der Waals surface area (Å²) in [5, 5.41) is 12.1. The highest BCUT2D eigenvalue weighted by Gasteiger charge is 2.14. The van der Waals surface area contributed by atoms with E-state index in [-0.39, 0.29) is 6.42 Å². The van der Waals surface area contributed by atoms with E-state index in [4.69, 9.17) is 5.11 Å². The summed E-state index contributed by atoms with van der Waals surface area (Å²) < 4.78 is 0. The summed E-state index contributed by atoms with van der Waals surface area (Å²) in [5.74, 6) is -0.738. The van der Waals surface area contributed by atoms with Crippen molar-refractivity contribution in [3.8, 4) is 0 Å². The van der Waals surface area contributed by atoms with Crippen molar-refractivity contribution in [2.45, 2.75) is 44.6 Å². The van der Waals surface area contributed by atoms with Crippen LogP contribution in [0.2, 0.25) is 0 Å². The van der Waals surface area contributed by atoms with Gasteiger partial charge in [-0.3, -0.25) is 4.79 Å². The second-order valence-corrected chi connectivity index (χ2v) is 4.72. The molecule has 2 N–H and O–H groups in total. The van der Waals surface area contributed by atoms with Gasteiger partial charge >= 0.3 is 5.97 Å². The van der Waals surface area contributed by atoms with Crippen molar-refractivity contribution >= 4 is 11.7 Å². The summed E-state index contributed by atoms with van der Waals surface area (Å²) in [5.41, 5.74) is 2.24. The first kappa shape index (κ1) is 12.0. The molecule has 17 heavy (non-hydrogen) atoms. The Morgan fingerprint density at radius 1 is 1.24 bits per heavy atom. The lowest BCUT2D eigenvalue weighted by molar-refractivity contribution is -0.136. The summed E-state index contributed by atoms with van der Waals surface area (Å²) in [7, 11) is 0. The zero-order valence-electron chi connectivity index (χ0n) is 9.98. The highest BCUT2D eigenvalue weighted by Crippen LogP contribution is 2.22. The number of carboxylic acid groups (broad SMARTS) is 1. The maximum Gasteiger partial charge on any atom is 0.303 e. The fourth-order valence-electron chi connectivity index (χ4n) is 2.32. The second-order valence-electron chi connectivity index (χ2n) is 4.72. The molecule has 0 unspecified atom stereocenters. The van der Waals surface area contributed by atoms with E-state index in [2.05, 4.69) is 17.4 Å². The molecule has 3 heteroatoms. The monoisotopic (exact) mass is 233 g/mol. The van der Waals surface area contributed by atoms with Crippen molar-refractivity contribution < 1.29 is 9.90 Å². The Morgan fingerprint density at radius 3 is 2.47 bits per heavy atom. The summed E-state index contributed by atoms with van der Waals surface area (Å²) in [6, 6.07) is 8.76. The normalized spacial score (nSPS) is 16.0. The molecule has 1 aliphatic rings. The van der Waals surface area contributed by atoms with E-state index in [1.807, 2.05) is 12.1 Å². The third kappa shape index (κ3) is 3.77. The van der Waals surface area contributed by atoms with Crippen LogP contribution in [-0.2, 0) is 11.2 Å². The van der Waals surface area contributed by atoms with Gasteiger partial charge in [-0.05, 0) is 37.0 Å². The smallest absolute Gasteiger partial charge is 0.303 e. The van der Waals surface area contributed by atoms with Crippen LogP contribution in [0.1, 0.15) is 37.7 Å². The highest BCUT2D eigenvalue weighted by molar-refractivity contribution is 5.67. The third-order valence-electron chi connectivity index (χ3n) is 3.31. The van der Waals surface area contributed by atoms with E-state index in [9.17, 15) is 4.79 Å². The number of hydrogen-bond donors (Lipinski definition) is 2. The van der Waals surface area contributed by atoms with Gasteiger partial charge in [0.15, 0.2) is 0 Å². The van der Waals surface area contributed by atoms with Gasteiger partial charge in [0.25, 0.3) is 0 Å². The van der Waals surface area contributed by atoms with Crippen molar-refractivity contribution in [1.29, 1.82) is 0 Å². The summed E-state index contributed by atoms with van der Waals surface area (Å²) >= 11 is 0. The topological polar surface area (TPSA) is 49.3 Å². The molecule has 1 fully saturated rings. The van der Waals surface area contributed by atoms with Gasteiger partial charge in [0.2, 0.25) is 0 Å². The average Bonchev–Trinajstić information content (AvgIpc) is 2.81. The van der Waals surface area contributed by atoms with Gasteiger partial charge in [-0.15, -0.1) is 0 Å². The Labute approximate surface area is 102 Å². The molecule has 0 saturated heterocycles. The summed E-state index contributed by atoms with van der Waals surface area (Å²) in [4.78, 5) is 10.5. The zero-order chi connectivity index (χ0) is 12.1. The van der Waals surface area contributed by atoms with Crippen molar-refractivity contribution in [1.82, 2.24) is 0 Å². The van der Waals surface area contributed by atoms with Crippen LogP contribution in [0, 0.1) is 0 Å². The molecule has 0 amide bonds. The molecule has 0 aliphatic heterocycles. The van der Waals surface area contributed by atoms with Crippen LogP contribution >= 0.6 is 0 Å². The molecule has 0 bridgehead atoms. The van der Waals surface area contributed by atoms with Gasteiger partial charge in [0.05, 0.1) is 0 Å². The van der Waals surface area contributed by atoms with Crippen molar-refractivity contribution in [2.75, 3.05) is 5.32 Å². The van der Waals surface area contributed by atoms with Crippen LogP contribution in [0.25, 0.3) is 0 Å². The molecular formula is C14H19NO2. The minimum absolute atomic E-state index is 0.204. The Bertz CT molecular complexity index is 366. The number of anilines is 1. The number of hydrogen-bond acceptors (Lipinski definition) is 2. The van der Waals surface area contributed by atoms with Gasteiger partial charge in [0, 0.05) is 18.2 Å². The standard InChI is InChI=1S/C14H19NO2/c16-14(17)10-7-11-5-8-13(9-6-11)15-12-3-1-2-4-12/h5-6,8-9,12,15H,1-4,7,10H2,(H,16,17). The van der Waals surface area contributed by atoms with Crippen LogP contribution in [0.4, 0.5) is 5.69 Å². The molecule has 0 heterocycles. The van der Waals surface area contributed by atoms with Gasteiger partial charge in [-0.25, -0.2) is 0 Å². The molecule has 1 aromatic rings. The maximum atomic E-state index is 10.5. The number of carboxylic acids is 1. The molecule has 1 aromatic carbocycles. The predicted octanol–water partition coefficient (Wildman–Crippen LogP) is 3.06. The minimum atomic E-state index is -0.738. The molecule has 3 nitrogen and oxygen atoms in total. The van der Waals surface area contributed by atoms with E-state index in [0.717, 1.165) is 11.3 Å². The third-order valence-corrected chi connectivity index (χ3v) is 3.31. The predicted molar refractivity (Wildman–Crippen MR) is 68.3 cm³/mol. The molecule has 0 atom stereocenters. The SMILES string of the molecule is O=C(O)CCc1ccc(NC2CCCC2)cc1. The van der Waals surface area contributed by atoms with E-state index < -0.39 is 5.97 Å². The van der Waals surface area contributed by atoms with Crippen LogP contribution in [0.5, 0.6) is 0 Å². The van der Waals surface area contributed by atoms with Gasteiger partial charge in [-0.2, -0.15) is 0 Å². The quantitative estimate of drug-likeness (QED) is 0.821. The van der Waals surface area contributed by atoms with Gasteiger partial charge in [-0.1, -0.05) is 25.0 Å². The minimum Gasteiger partial charge on any atom is -0.481 e. The van der Waals surface area contributed by atoms with E-state index in [0.29, 0.717) is 12.5 Å². The first-order valence-electron chi connectivity index (χ1n) is 6.31. The fraction of sp³-hybridized carbons (Fsp3) is 0.500. The Morgan fingerprint density at radius 2 is 1.88 bits per heavy atom. The Kier molecular flexibility index (Phi) is 4.02. The Hall–Kier alpha value is -1.51. The lowest BCUT2D eigenvalue weighted by atomic mass is 10.1. The van der Waals surface area contributed by atoms with Gasteiger partial charge in [0.1, 0.15) is 0 Å². The summed E-state index contributed by atoms with van der Waals surface area (Å²) in [6.07, 6.45) is 6.00. The average molecular weight is 233 g/mol. The molecule has 1 saturated carbocycles. The fourth-order valence-corrected chi connectivity index (χ4v) is 2.32. The van der Waals surface area contributed by atoms with Crippen LogP contribution in [0.3, 0.4) is 0 Å². The highest BCUT2D eigenvalue weighted by atomic mass is 16.4. The lowest BCUT2D eigenvalue weighted by Gasteiger charge is -2.13. The second kappa shape index (κ2) is 5.71. The number of aryl methyl sites for hydroxylation is 1. The number of benzene rings is 1. The van der Waals surface area contributed by atoms with Crippen LogP contribution in [0.15, 0.2) is 24.3 Å². The molecule has 0 radical (unpaired) electrons. The zero-order valence-corrected chi connectivity index (χ0v) is 9.98. The number of carbonyl (C=O) groups is 1. The van der Waals surface area contributed by atoms with Crippen molar-refractivity contribution in [3.63, 3.8) is 0 Å². The molecule has 0 spiro atoms. The molecule has 0 aromatic heterocycles. The van der Waals surface area contributed by atoms with E-state index in [1.165, 1.54) is 25.7 Å². The lowest BCUT2D eigenvalue weighted by Crippen LogP contribution is -2.14. The molecule has 92 valence electrons. The van der Waals surface area contributed by atoms with E-state index >= 15 is 0 Å². The largest absolute Gasteiger partial charge is 0.481 e. The van der Waals surface area contributed by atoms with Crippen molar-refractivity contribution in [2.24, 2.45) is 0 Å². The van der Waals surface area contributed by atoms with Crippen molar-refractivity contribution in [3.05, 3.63) is 29.8 Å².